The molecule has 1 aromatic heterocycles. The zero-order valence-electron chi connectivity index (χ0n) is 12.6. The molecule has 0 radical (unpaired) electrons. The largest absolute Gasteiger partial charge is 0.364 e. The van der Waals surface area contributed by atoms with Crippen LogP contribution in [0.2, 0.25) is 0 Å². The van der Waals surface area contributed by atoms with E-state index >= 15 is 0 Å². The summed E-state index contributed by atoms with van der Waals surface area (Å²) in [5, 5.41) is 6.69. The van der Waals surface area contributed by atoms with E-state index in [0.717, 1.165) is 56.6 Å². The van der Waals surface area contributed by atoms with E-state index in [4.69, 9.17) is 0 Å². The number of amides is 1. The summed E-state index contributed by atoms with van der Waals surface area (Å²) in [7, 11) is 0. The first-order chi connectivity index (χ1) is 10.1. The molecular weight excluding hydrogens is 268 g/mol. The van der Waals surface area contributed by atoms with Crippen molar-refractivity contribution in [2.45, 2.75) is 19.9 Å². The SMILES string of the molecule is CC(=O)N1CCN(c2ncc(C)c(NC3CNC3)n2)CC1. The highest BCUT2D eigenvalue weighted by Gasteiger charge is 2.22. The van der Waals surface area contributed by atoms with E-state index in [1.165, 1.54) is 0 Å². The molecule has 2 fully saturated rings. The third-order valence-corrected chi connectivity index (χ3v) is 4.09. The van der Waals surface area contributed by atoms with Gasteiger partial charge in [0.2, 0.25) is 11.9 Å². The van der Waals surface area contributed by atoms with Crippen LogP contribution in [0.15, 0.2) is 6.20 Å². The minimum Gasteiger partial charge on any atom is -0.364 e. The topological polar surface area (TPSA) is 73.4 Å². The molecule has 3 rings (SSSR count). The van der Waals surface area contributed by atoms with Gasteiger partial charge in [-0.2, -0.15) is 4.98 Å². The van der Waals surface area contributed by atoms with Crippen LogP contribution in [0.3, 0.4) is 0 Å². The molecule has 0 spiro atoms. The molecule has 2 saturated heterocycles. The van der Waals surface area contributed by atoms with Crippen LogP contribution in [0.25, 0.3) is 0 Å². The fourth-order valence-corrected chi connectivity index (χ4v) is 2.54. The van der Waals surface area contributed by atoms with Crippen molar-refractivity contribution in [3.8, 4) is 0 Å². The van der Waals surface area contributed by atoms with Crippen molar-refractivity contribution in [1.29, 1.82) is 0 Å². The van der Waals surface area contributed by atoms with Gasteiger partial charge in [-0.25, -0.2) is 4.98 Å². The van der Waals surface area contributed by atoms with Crippen molar-refractivity contribution in [3.63, 3.8) is 0 Å². The normalized spacial score (nSPS) is 19.3. The minimum absolute atomic E-state index is 0.138. The van der Waals surface area contributed by atoms with Crippen LogP contribution in [0.5, 0.6) is 0 Å². The van der Waals surface area contributed by atoms with Crippen LogP contribution in [-0.4, -0.2) is 66.1 Å². The molecule has 7 nitrogen and oxygen atoms in total. The van der Waals surface area contributed by atoms with E-state index in [0.29, 0.717) is 6.04 Å². The highest BCUT2D eigenvalue weighted by molar-refractivity contribution is 5.73. The number of nitrogens with zero attached hydrogens (tertiary/aromatic N) is 4. The molecule has 2 N–H and O–H groups in total. The minimum atomic E-state index is 0.138. The molecule has 21 heavy (non-hydrogen) atoms. The van der Waals surface area contributed by atoms with Crippen molar-refractivity contribution in [3.05, 3.63) is 11.8 Å². The summed E-state index contributed by atoms with van der Waals surface area (Å²) in [4.78, 5) is 24.5. The van der Waals surface area contributed by atoms with E-state index < -0.39 is 0 Å². The van der Waals surface area contributed by atoms with Crippen LogP contribution >= 0.6 is 0 Å². The third kappa shape index (κ3) is 3.07. The summed E-state index contributed by atoms with van der Waals surface area (Å²) in [6, 6.07) is 0.459. The predicted octanol–water partition coefficient (Wildman–Crippen LogP) is -0.163. The van der Waals surface area contributed by atoms with Crippen LogP contribution < -0.4 is 15.5 Å². The van der Waals surface area contributed by atoms with Gasteiger partial charge in [-0.1, -0.05) is 0 Å². The van der Waals surface area contributed by atoms with Crippen LogP contribution in [0, 0.1) is 6.92 Å². The maximum Gasteiger partial charge on any atom is 0.227 e. The molecule has 2 aliphatic heterocycles. The van der Waals surface area contributed by atoms with Gasteiger partial charge < -0.3 is 20.4 Å². The molecule has 3 heterocycles. The summed E-state index contributed by atoms with van der Waals surface area (Å²) >= 11 is 0. The molecule has 1 aromatic rings. The molecule has 0 saturated carbocycles. The Morgan fingerprint density at radius 2 is 2.05 bits per heavy atom. The maximum absolute atomic E-state index is 11.4. The molecule has 114 valence electrons. The molecular formula is C14H22N6O. The lowest BCUT2D eigenvalue weighted by Crippen LogP contribution is -2.51. The van der Waals surface area contributed by atoms with Gasteiger partial charge in [0.25, 0.3) is 0 Å². The Labute approximate surface area is 124 Å². The monoisotopic (exact) mass is 290 g/mol. The molecule has 0 aliphatic carbocycles. The second-order valence-corrected chi connectivity index (χ2v) is 5.69. The Balaban J connectivity index is 1.68. The molecule has 1 amide bonds. The average molecular weight is 290 g/mol. The van der Waals surface area contributed by atoms with E-state index in [2.05, 4.69) is 25.5 Å². The highest BCUT2D eigenvalue weighted by atomic mass is 16.2. The summed E-state index contributed by atoms with van der Waals surface area (Å²) in [5.74, 6) is 1.80. The van der Waals surface area contributed by atoms with Crippen molar-refractivity contribution >= 4 is 17.7 Å². The lowest BCUT2D eigenvalue weighted by Gasteiger charge is -2.34. The number of piperazine rings is 1. The fraction of sp³-hybridized carbons (Fsp3) is 0.643. The number of rotatable bonds is 3. The number of anilines is 2. The number of nitrogens with one attached hydrogen (secondary N) is 2. The number of carbonyl (C=O) groups is 1. The molecule has 0 atom stereocenters. The van der Waals surface area contributed by atoms with Crippen molar-refractivity contribution < 1.29 is 4.79 Å². The van der Waals surface area contributed by atoms with Crippen LogP contribution in [0.1, 0.15) is 12.5 Å². The first kappa shape index (κ1) is 14.1. The van der Waals surface area contributed by atoms with Gasteiger partial charge in [-0.3, -0.25) is 4.79 Å². The summed E-state index contributed by atoms with van der Waals surface area (Å²) in [6.45, 7) is 8.65. The Hall–Kier alpha value is -1.89. The number of aryl methyl sites for hydroxylation is 1. The predicted molar refractivity (Wildman–Crippen MR) is 81.5 cm³/mol. The number of hydrogen-bond acceptors (Lipinski definition) is 6. The van der Waals surface area contributed by atoms with Crippen molar-refractivity contribution in [1.82, 2.24) is 20.2 Å². The number of hydrogen-bond donors (Lipinski definition) is 2. The van der Waals surface area contributed by atoms with Crippen LogP contribution in [-0.2, 0) is 4.79 Å². The third-order valence-electron chi connectivity index (χ3n) is 4.09. The second-order valence-electron chi connectivity index (χ2n) is 5.69. The van der Waals surface area contributed by atoms with E-state index in [-0.39, 0.29) is 5.91 Å². The van der Waals surface area contributed by atoms with E-state index in [1.54, 1.807) is 6.92 Å². The zero-order valence-corrected chi connectivity index (χ0v) is 12.6. The van der Waals surface area contributed by atoms with E-state index in [9.17, 15) is 4.79 Å². The summed E-state index contributed by atoms with van der Waals surface area (Å²) in [5.41, 5.74) is 1.06. The Morgan fingerprint density at radius 3 is 2.62 bits per heavy atom. The Kier molecular flexibility index (Phi) is 3.92. The van der Waals surface area contributed by atoms with Gasteiger partial charge in [-0.15, -0.1) is 0 Å². The first-order valence-electron chi connectivity index (χ1n) is 7.45. The molecule has 0 unspecified atom stereocenters. The second kappa shape index (κ2) is 5.85. The van der Waals surface area contributed by atoms with Gasteiger partial charge >= 0.3 is 0 Å². The first-order valence-corrected chi connectivity index (χ1v) is 7.45. The number of aromatic nitrogens is 2. The fourth-order valence-electron chi connectivity index (χ4n) is 2.54. The quantitative estimate of drug-likeness (QED) is 0.806. The standard InChI is InChI=1S/C14H22N6O/c1-10-7-16-14(18-13(10)17-12-8-15-9-12)20-5-3-19(4-6-20)11(2)21/h7,12,15H,3-6,8-9H2,1-2H3,(H,16,17,18). The van der Waals surface area contributed by atoms with Gasteiger partial charge in [0.1, 0.15) is 5.82 Å². The lowest BCUT2D eigenvalue weighted by molar-refractivity contribution is -0.129. The van der Waals surface area contributed by atoms with Gasteiger partial charge in [-0.05, 0) is 6.92 Å². The maximum atomic E-state index is 11.4. The van der Waals surface area contributed by atoms with Crippen LogP contribution in [0.4, 0.5) is 11.8 Å². The smallest absolute Gasteiger partial charge is 0.227 e. The van der Waals surface area contributed by atoms with Crippen molar-refractivity contribution in [2.75, 3.05) is 49.5 Å². The lowest BCUT2D eigenvalue weighted by atomic mass is 10.2. The zero-order chi connectivity index (χ0) is 14.8. The average Bonchev–Trinajstić information content (AvgIpc) is 2.44. The van der Waals surface area contributed by atoms with Gasteiger partial charge in [0.15, 0.2) is 0 Å². The van der Waals surface area contributed by atoms with Crippen molar-refractivity contribution in [2.24, 2.45) is 0 Å². The van der Waals surface area contributed by atoms with Gasteiger partial charge in [0.05, 0.1) is 6.04 Å². The van der Waals surface area contributed by atoms with E-state index in [1.807, 2.05) is 18.0 Å². The Bertz CT molecular complexity index is 522. The summed E-state index contributed by atoms with van der Waals surface area (Å²) < 4.78 is 0. The number of carbonyl (C=O) groups excluding carboxylic acids is 1. The highest BCUT2D eigenvalue weighted by Crippen LogP contribution is 2.18. The van der Waals surface area contributed by atoms with Gasteiger partial charge in [0, 0.05) is 58.0 Å². The molecule has 0 bridgehead atoms. The summed E-state index contributed by atoms with van der Waals surface area (Å²) in [6.07, 6.45) is 1.87. The molecule has 2 aliphatic rings. The molecule has 0 aromatic carbocycles. The Morgan fingerprint density at radius 1 is 1.33 bits per heavy atom. The molecule has 7 heteroatoms.